The van der Waals surface area contributed by atoms with Crippen LogP contribution in [0, 0.1) is 0 Å². The standard InChI is InChI=1S/C17H21ClFN3O3/c1-11-3-2-4-16(23)22(11)14-7-13(19)9-21(10-14)17(24)25-15-6-5-12(18)8-20-15/h5-6,8,11,13-14H,2-4,7,9-10H2,1H3. The second-order valence-electron chi connectivity index (χ2n) is 6.62. The summed E-state index contributed by atoms with van der Waals surface area (Å²) in [6, 6.07) is 2.78. The second kappa shape index (κ2) is 7.56. The van der Waals surface area contributed by atoms with Gasteiger partial charge in [-0.3, -0.25) is 4.79 Å². The van der Waals surface area contributed by atoms with Gasteiger partial charge in [-0.05, 0) is 25.8 Å². The van der Waals surface area contributed by atoms with Gasteiger partial charge in [-0.15, -0.1) is 0 Å². The summed E-state index contributed by atoms with van der Waals surface area (Å²) in [5, 5.41) is 0.430. The molecule has 0 aliphatic carbocycles. The first kappa shape index (κ1) is 17.9. The molecule has 3 unspecified atom stereocenters. The molecule has 2 amide bonds. The van der Waals surface area contributed by atoms with E-state index in [9.17, 15) is 14.0 Å². The molecule has 6 nitrogen and oxygen atoms in total. The predicted molar refractivity (Wildman–Crippen MR) is 90.3 cm³/mol. The van der Waals surface area contributed by atoms with Crippen molar-refractivity contribution in [1.29, 1.82) is 0 Å². The maximum Gasteiger partial charge on any atom is 0.416 e. The van der Waals surface area contributed by atoms with E-state index < -0.39 is 12.3 Å². The third-order valence-corrected chi connectivity index (χ3v) is 4.92. The first-order valence-electron chi connectivity index (χ1n) is 8.47. The van der Waals surface area contributed by atoms with E-state index in [4.69, 9.17) is 16.3 Å². The molecule has 25 heavy (non-hydrogen) atoms. The molecule has 3 atom stereocenters. The van der Waals surface area contributed by atoms with E-state index in [-0.39, 0.29) is 43.4 Å². The molecule has 2 saturated heterocycles. The molecular weight excluding hydrogens is 349 g/mol. The number of hydrogen-bond acceptors (Lipinski definition) is 4. The highest BCUT2D eigenvalue weighted by atomic mass is 35.5. The zero-order valence-electron chi connectivity index (χ0n) is 14.0. The molecule has 1 aromatic rings. The van der Waals surface area contributed by atoms with Crippen LogP contribution < -0.4 is 4.74 Å². The van der Waals surface area contributed by atoms with E-state index in [2.05, 4.69) is 4.98 Å². The van der Waals surface area contributed by atoms with Gasteiger partial charge in [0.25, 0.3) is 0 Å². The summed E-state index contributed by atoms with van der Waals surface area (Å²) in [6.45, 7) is 2.20. The van der Waals surface area contributed by atoms with Crippen LogP contribution in [0.1, 0.15) is 32.6 Å². The number of piperidine rings is 2. The van der Waals surface area contributed by atoms with Crippen LogP contribution in [0.4, 0.5) is 9.18 Å². The number of alkyl halides is 1. The van der Waals surface area contributed by atoms with Crippen LogP contribution in [0.3, 0.4) is 0 Å². The number of rotatable bonds is 2. The van der Waals surface area contributed by atoms with E-state index in [1.165, 1.54) is 17.2 Å². The van der Waals surface area contributed by atoms with Crippen molar-refractivity contribution in [3.63, 3.8) is 0 Å². The van der Waals surface area contributed by atoms with Gasteiger partial charge in [-0.1, -0.05) is 11.6 Å². The molecule has 8 heteroatoms. The van der Waals surface area contributed by atoms with E-state index in [0.29, 0.717) is 11.4 Å². The number of ether oxygens (including phenoxy) is 1. The monoisotopic (exact) mass is 369 g/mol. The van der Waals surface area contributed by atoms with Gasteiger partial charge in [0.05, 0.1) is 17.6 Å². The van der Waals surface area contributed by atoms with Crippen molar-refractivity contribution in [1.82, 2.24) is 14.8 Å². The number of carbonyl (C=O) groups is 2. The lowest BCUT2D eigenvalue weighted by atomic mass is 9.95. The number of aromatic nitrogens is 1. The molecular formula is C17H21ClFN3O3. The van der Waals surface area contributed by atoms with Gasteiger partial charge >= 0.3 is 6.09 Å². The molecule has 0 saturated carbocycles. The lowest BCUT2D eigenvalue weighted by molar-refractivity contribution is -0.140. The summed E-state index contributed by atoms with van der Waals surface area (Å²) >= 11 is 5.75. The molecule has 2 fully saturated rings. The summed E-state index contributed by atoms with van der Waals surface area (Å²) in [5.74, 6) is 0.139. The first-order chi connectivity index (χ1) is 11.9. The summed E-state index contributed by atoms with van der Waals surface area (Å²) < 4.78 is 19.4. The number of halogens is 2. The summed E-state index contributed by atoms with van der Waals surface area (Å²) in [5.41, 5.74) is 0. The fourth-order valence-corrected chi connectivity index (χ4v) is 3.68. The topological polar surface area (TPSA) is 62.7 Å². The molecule has 0 aromatic carbocycles. The van der Waals surface area contributed by atoms with Crippen molar-refractivity contribution in [2.45, 2.75) is 50.9 Å². The number of amides is 2. The number of hydrogen-bond donors (Lipinski definition) is 0. The van der Waals surface area contributed by atoms with Crippen molar-refractivity contribution in [2.24, 2.45) is 0 Å². The van der Waals surface area contributed by atoms with Crippen LogP contribution in [0.15, 0.2) is 18.3 Å². The molecule has 0 N–H and O–H groups in total. The largest absolute Gasteiger partial charge is 0.416 e. The fraction of sp³-hybridized carbons (Fsp3) is 0.588. The third-order valence-electron chi connectivity index (χ3n) is 4.70. The molecule has 2 aliphatic heterocycles. The molecule has 0 spiro atoms. The minimum absolute atomic E-state index is 0.0329. The Bertz CT molecular complexity index is 643. The van der Waals surface area contributed by atoms with Crippen molar-refractivity contribution in [2.75, 3.05) is 13.1 Å². The number of likely N-dealkylation sites (tertiary alicyclic amines) is 2. The maximum atomic E-state index is 14.2. The fourth-order valence-electron chi connectivity index (χ4n) is 3.57. The maximum absolute atomic E-state index is 14.2. The van der Waals surface area contributed by atoms with Gasteiger partial charge < -0.3 is 14.5 Å². The zero-order valence-corrected chi connectivity index (χ0v) is 14.8. The van der Waals surface area contributed by atoms with Gasteiger partial charge in [0.15, 0.2) is 0 Å². The summed E-state index contributed by atoms with van der Waals surface area (Å²) in [6.07, 6.45) is 2.01. The van der Waals surface area contributed by atoms with Crippen molar-refractivity contribution >= 4 is 23.6 Å². The van der Waals surface area contributed by atoms with Crippen LogP contribution >= 0.6 is 11.6 Å². The molecule has 3 heterocycles. The number of carbonyl (C=O) groups excluding carboxylic acids is 2. The normalized spacial score (nSPS) is 27.3. The Morgan fingerprint density at radius 3 is 2.88 bits per heavy atom. The smallest absolute Gasteiger partial charge is 0.391 e. The minimum atomic E-state index is -1.19. The molecule has 136 valence electrons. The van der Waals surface area contributed by atoms with Gasteiger partial charge in [0, 0.05) is 37.7 Å². The quantitative estimate of drug-likeness (QED) is 0.803. The number of pyridine rings is 1. The molecule has 0 radical (unpaired) electrons. The molecule has 0 bridgehead atoms. The van der Waals surface area contributed by atoms with Crippen molar-refractivity contribution in [3.05, 3.63) is 23.4 Å². The van der Waals surface area contributed by atoms with E-state index in [1.807, 2.05) is 6.92 Å². The average Bonchev–Trinajstić information content (AvgIpc) is 2.56. The Labute approximate surface area is 150 Å². The van der Waals surface area contributed by atoms with Gasteiger partial charge in [-0.25, -0.2) is 14.2 Å². The van der Waals surface area contributed by atoms with E-state index in [0.717, 1.165) is 12.8 Å². The van der Waals surface area contributed by atoms with Crippen LogP contribution in [0.2, 0.25) is 5.02 Å². The molecule has 3 rings (SSSR count). The number of nitrogens with zero attached hydrogens (tertiary/aromatic N) is 3. The van der Waals surface area contributed by atoms with Gasteiger partial charge in [0.1, 0.15) is 6.17 Å². The van der Waals surface area contributed by atoms with Crippen LogP contribution in [0.25, 0.3) is 0 Å². The Morgan fingerprint density at radius 1 is 1.40 bits per heavy atom. The van der Waals surface area contributed by atoms with Crippen molar-refractivity contribution < 1.29 is 18.7 Å². The second-order valence-corrected chi connectivity index (χ2v) is 7.05. The Morgan fingerprint density at radius 2 is 2.20 bits per heavy atom. The highest BCUT2D eigenvalue weighted by Gasteiger charge is 2.38. The third kappa shape index (κ3) is 4.21. The summed E-state index contributed by atoms with van der Waals surface area (Å²) in [4.78, 5) is 31.6. The Hall–Kier alpha value is -1.89. The van der Waals surface area contributed by atoms with Crippen LogP contribution in [-0.4, -0.2) is 58.1 Å². The zero-order chi connectivity index (χ0) is 18.0. The average molecular weight is 370 g/mol. The van der Waals surface area contributed by atoms with E-state index >= 15 is 0 Å². The molecule has 1 aromatic heterocycles. The van der Waals surface area contributed by atoms with Crippen molar-refractivity contribution in [3.8, 4) is 5.88 Å². The highest BCUT2D eigenvalue weighted by Crippen LogP contribution is 2.27. The summed E-state index contributed by atoms with van der Waals surface area (Å²) in [7, 11) is 0. The Kier molecular flexibility index (Phi) is 5.42. The van der Waals surface area contributed by atoms with Gasteiger partial charge in [0.2, 0.25) is 11.8 Å². The molecule has 2 aliphatic rings. The minimum Gasteiger partial charge on any atom is -0.391 e. The SMILES string of the molecule is CC1CCCC(=O)N1C1CC(F)CN(C(=O)Oc2ccc(Cl)cn2)C1. The lowest BCUT2D eigenvalue weighted by Gasteiger charge is -2.44. The highest BCUT2D eigenvalue weighted by molar-refractivity contribution is 6.30. The predicted octanol–water partition coefficient (Wildman–Crippen LogP) is 3.05. The van der Waals surface area contributed by atoms with E-state index in [1.54, 1.807) is 11.0 Å². The van der Waals surface area contributed by atoms with Crippen LogP contribution in [0.5, 0.6) is 5.88 Å². The lowest BCUT2D eigenvalue weighted by Crippen LogP contribution is -2.58. The van der Waals surface area contributed by atoms with Crippen LogP contribution in [-0.2, 0) is 4.79 Å². The van der Waals surface area contributed by atoms with Gasteiger partial charge in [-0.2, -0.15) is 0 Å². The Balaban J connectivity index is 1.68. The first-order valence-corrected chi connectivity index (χ1v) is 8.85.